The van der Waals surface area contributed by atoms with Gasteiger partial charge < -0.3 is 14.8 Å². The van der Waals surface area contributed by atoms with Crippen molar-refractivity contribution in [3.05, 3.63) is 28.2 Å². The third kappa shape index (κ3) is 5.55. The van der Waals surface area contributed by atoms with Crippen LogP contribution in [0.4, 0.5) is 0 Å². The molecule has 0 aliphatic carbocycles. The Kier molecular flexibility index (Phi) is 6.56. The van der Waals surface area contributed by atoms with Gasteiger partial charge in [-0.15, -0.1) is 0 Å². The van der Waals surface area contributed by atoms with Crippen LogP contribution >= 0.6 is 15.9 Å². The van der Waals surface area contributed by atoms with Gasteiger partial charge in [0.2, 0.25) is 0 Å². The first kappa shape index (κ1) is 17.1. The molecule has 0 bridgehead atoms. The number of ether oxygens (including phenoxy) is 2. The van der Waals surface area contributed by atoms with Crippen molar-refractivity contribution in [3.63, 3.8) is 0 Å². The van der Waals surface area contributed by atoms with Crippen LogP contribution in [0.2, 0.25) is 0 Å². The maximum absolute atomic E-state index is 5.58. The predicted molar refractivity (Wildman–Crippen MR) is 88.7 cm³/mol. The summed E-state index contributed by atoms with van der Waals surface area (Å²) < 4.78 is 11.9. The van der Waals surface area contributed by atoms with E-state index in [1.54, 1.807) is 7.11 Å². The van der Waals surface area contributed by atoms with E-state index in [0.29, 0.717) is 6.61 Å². The Labute approximate surface area is 130 Å². The van der Waals surface area contributed by atoms with E-state index in [9.17, 15) is 0 Å². The van der Waals surface area contributed by atoms with Crippen molar-refractivity contribution in [1.29, 1.82) is 0 Å². The van der Waals surface area contributed by atoms with E-state index in [4.69, 9.17) is 9.47 Å². The number of nitrogens with one attached hydrogen (secondary N) is 1. The lowest BCUT2D eigenvalue weighted by Gasteiger charge is -2.19. The molecule has 0 radical (unpaired) electrons. The van der Waals surface area contributed by atoms with Gasteiger partial charge in [-0.05, 0) is 61.3 Å². The van der Waals surface area contributed by atoms with Crippen molar-refractivity contribution in [2.45, 2.75) is 33.2 Å². The zero-order chi connectivity index (χ0) is 15.2. The third-order valence-corrected chi connectivity index (χ3v) is 3.19. The second-order valence-corrected chi connectivity index (χ2v) is 6.35. The van der Waals surface area contributed by atoms with Crippen molar-refractivity contribution in [1.82, 2.24) is 5.32 Å². The zero-order valence-corrected chi connectivity index (χ0v) is 14.5. The maximum Gasteiger partial charge on any atom is 0.175 e. The molecule has 0 fully saturated rings. The predicted octanol–water partition coefficient (Wildman–Crippen LogP) is 4.26. The summed E-state index contributed by atoms with van der Waals surface area (Å²) in [6.07, 6.45) is 4.18. The van der Waals surface area contributed by atoms with Crippen LogP contribution in [0.15, 0.2) is 22.7 Å². The molecule has 3 nitrogen and oxygen atoms in total. The molecule has 0 unspecified atom stereocenters. The van der Waals surface area contributed by atoms with Gasteiger partial charge in [0.05, 0.1) is 18.2 Å². The van der Waals surface area contributed by atoms with Gasteiger partial charge in [0.25, 0.3) is 0 Å². The largest absolute Gasteiger partial charge is 0.493 e. The Morgan fingerprint density at radius 1 is 1.30 bits per heavy atom. The molecule has 0 heterocycles. The molecule has 0 atom stereocenters. The molecule has 1 aromatic rings. The van der Waals surface area contributed by atoms with Crippen LogP contribution in [0.25, 0.3) is 6.08 Å². The average molecular weight is 342 g/mol. The highest BCUT2D eigenvalue weighted by Gasteiger charge is 2.10. The first-order chi connectivity index (χ1) is 9.37. The van der Waals surface area contributed by atoms with Crippen LogP contribution in [0.3, 0.4) is 0 Å². The van der Waals surface area contributed by atoms with Crippen molar-refractivity contribution in [3.8, 4) is 11.5 Å². The summed E-state index contributed by atoms with van der Waals surface area (Å²) in [6.45, 7) is 9.85. The fourth-order valence-electron chi connectivity index (χ4n) is 1.68. The molecule has 112 valence electrons. The first-order valence-corrected chi connectivity index (χ1v) is 7.58. The summed E-state index contributed by atoms with van der Waals surface area (Å²) in [4.78, 5) is 0. The molecule has 1 N–H and O–H groups in total. The van der Waals surface area contributed by atoms with Crippen molar-refractivity contribution in [2.75, 3.05) is 20.3 Å². The summed E-state index contributed by atoms with van der Waals surface area (Å²) in [5, 5.41) is 3.41. The van der Waals surface area contributed by atoms with Crippen molar-refractivity contribution >= 4 is 22.0 Å². The minimum absolute atomic E-state index is 0.126. The molecule has 0 spiro atoms. The monoisotopic (exact) mass is 341 g/mol. The second-order valence-electron chi connectivity index (χ2n) is 5.50. The number of rotatable bonds is 6. The topological polar surface area (TPSA) is 30.5 Å². The molecule has 1 aromatic carbocycles. The maximum atomic E-state index is 5.58. The van der Waals surface area contributed by atoms with Crippen LogP contribution in [0, 0.1) is 0 Å². The normalized spacial score (nSPS) is 11.9. The highest BCUT2D eigenvalue weighted by atomic mass is 79.9. The Morgan fingerprint density at radius 3 is 2.55 bits per heavy atom. The van der Waals surface area contributed by atoms with Gasteiger partial charge in [0.15, 0.2) is 11.5 Å². The van der Waals surface area contributed by atoms with Gasteiger partial charge in [-0.25, -0.2) is 0 Å². The Morgan fingerprint density at radius 2 is 2.00 bits per heavy atom. The minimum atomic E-state index is 0.126. The molecule has 1 rings (SSSR count). The molecule has 0 aliphatic rings. The lowest BCUT2D eigenvalue weighted by atomic mass is 10.1. The number of halogens is 1. The van der Waals surface area contributed by atoms with Gasteiger partial charge >= 0.3 is 0 Å². The standard InChI is InChI=1S/C16H24BrNO2/c1-6-20-15-13(17)10-12(11-14(15)19-5)8-7-9-18-16(2,3)4/h7-8,10-11,18H,6,9H2,1-5H3. The lowest BCUT2D eigenvalue weighted by molar-refractivity contribution is 0.309. The average Bonchev–Trinajstić information content (AvgIpc) is 2.36. The zero-order valence-electron chi connectivity index (χ0n) is 12.9. The summed E-state index contributed by atoms with van der Waals surface area (Å²) in [6, 6.07) is 4.00. The van der Waals surface area contributed by atoms with E-state index in [-0.39, 0.29) is 5.54 Å². The number of benzene rings is 1. The smallest absolute Gasteiger partial charge is 0.175 e. The highest BCUT2D eigenvalue weighted by molar-refractivity contribution is 9.10. The Hall–Kier alpha value is -1.00. The van der Waals surface area contributed by atoms with Crippen molar-refractivity contribution < 1.29 is 9.47 Å². The minimum Gasteiger partial charge on any atom is -0.493 e. The van der Waals surface area contributed by atoms with Gasteiger partial charge in [-0.1, -0.05) is 12.2 Å². The fraction of sp³-hybridized carbons (Fsp3) is 0.500. The summed E-state index contributed by atoms with van der Waals surface area (Å²) >= 11 is 3.53. The fourth-order valence-corrected chi connectivity index (χ4v) is 2.25. The first-order valence-electron chi connectivity index (χ1n) is 6.79. The van der Waals surface area contributed by atoms with Crippen LogP contribution < -0.4 is 14.8 Å². The molecule has 0 aliphatic heterocycles. The van der Waals surface area contributed by atoms with Gasteiger partial charge in [-0.3, -0.25) is 0 Å². The Bertz CT molecular complexity index is 464. The molecule has 0 amide bonds. The van der Waals surface area contributed by atoms with E-state index in [0.717, 1.165) is 28.1 Å². The van der Waals surface area contributed by atoms with Crippen LogP contribution in [0.5, 0.6) is 11.5 Å². The molecule has 4 heteroatoms. The SMILES string of the molecule is CCOc1c(Br)cc(C=CCNC(C)(C)C)cc1OC. The van der Waals surface area contributed by atoms with E-state index < -0.39 is 0 Å². The molecule has 20 heavy (non-hydrogen) atoms. The summed E-state index contributed by atoms with van der Waals surface area (Å²) in [5.41, 5.74) is 1.20. The number of hydrogen-bond acceptors (Lipinski definition) is 3. The highest BCUT2D eigenvalue weighted by Crippen LogP contribution is 2.36. The Balaban J connectivity index is 2.81. The van der Waals surface area contributed by atoms with Crippen molar-refractivity contribution in [2.24, 2.45) is 0 Å². The van der Waals surface area contributed by atoms with E-state index in [2.05, 4.69) is 54.2 Å². The van der Waals surface area contributed by atoms with Gasteiger partial charge in [-0.2, -0.15) is 0 Å². The molecule has 0 saturated carbocycles. The summed E-state index contributed by atoms with van der Waals surface area (Å²) in [7, 11) is 1.65. The van der Waals surface area contributed by atoms with Crippen LogP contribution in [-0.2, 0) is 0 Å². The van der Waals surface area contributed by atoms with Crippen LogP contribution in [0.1, 0.15) is 33.3 Å². The molecular formula is C16H24BrNO2. The second kappa shape index (κ2) is 7.70. The molecule has 0 saturated heterocycles. The van der Waals surface area contributed by atoms with E-state index >= 15 is 0 Å². The lowest BCUT2D eigenvalue weighted by Crippen LogP contribution is -2.35. The van der Waals surface area contributed by atoms with Gasteiger partial charge in [0.1, 0.15) is 0 Å². The number of methoxy groups -OCH3 is 1. The molecule has 0 aromatic heterocycles. The van der Waals surface area contributed by atoms with E-state index in [1.165, 1.54) is 0 Å². The third-order valence-electron chi connectivity index (χ3n) is 2.60. The number of hydrogen-bond donors (Lipinski definition) is 1. The summed E-state index contributed by atoms with van der Waals surface area (Å²) in [5.74, 6) is 1.49. The molecular weight excluding hydrogens is 318 g/mol. The quantitative estimate of drug-likeness (QED) is 0.838. The van der Waals surface area contributed by atoms with Crippen LogP contribution in [-0.4, -0.2) is 25.8 Å². The van der Waals surface area contributed by atoms with Gasteiger partial charge in [0, 0.05) is 12.1 Å². The van der Waals surface area contributed by atoms with E-state index in [1.807, 2.05) is 19.1 Å².